The van der Waals surface area contributed by atoms with Gasteiger partial charge < -0.3 is 15.6 Å². The topological polar surface area (TPSA) is 58.7 Å². The summed E-state index contributed by atoms with van der Waals surface area (Å²) in [5, 5.41) is 9.76. The first-order valence-corrected chi connectivity index (χ1v) is 8.04. The third-order valence-electron chi connectivity index (χ3n) is 4.62. The molecule has 0 amide bonds. The molecule has 0 radical (unpaired) electrons. The molecule has 0 bridgehead atoms. The smallest absolute Gasteiger partial charge is 0.160 e. The van der Waals surface area contributed by atoms with Gasteiger partial charge in [-0.3, -0.25) is 4.90 Å². The fraction of sp³-hybridized carbons (Fsp3) is 0.647. The van der Waals surface area contributed by atoms with Crippen molar-refractivity contribution in [2.24, 2.45) is 5.73 Å². The first-order valence-electron chi connectivity index (χ1n) is 8.04. The molecule has 1 aliphatic carbocycles. The molecule has 1 aromatic carbocycles. The summed E-state index contributed by atoms with van der Waals surface area (Å²) in [6.07, 6.45) is 6.52. The number of rotatable bonds is 6. The minimum Gasteiger partial charge on any atom is -0.504 e. The van der Waals surface area contributed by atoms with Crippen LogP contribution in [0.15, 0.2) is 18.2 Å². The molecule has 1 saturated carbocycles. The first kappa shape index (κ1) is 16.1. The summed E-state index contributed by atoms with van der Waals surface area (Å²) < 4.78 is 5.23. The fourth-order valence-electron chi connectivity index (χ4n) is 3.51. The van der Waals surface area contributed by atoms with Gasteiger partial charge in [-0.15, -0.1) is 0 Å². The second-order valence-corrected chi connectivity index (χ2v) is 5.81. The Kier molecular flexibility index (Phi) is 5.88. The van der Waals surface area contributed by atoms with E-state index in [1.807, 2.05) is 12.1 Å². The van der Waals surface area contributed by atoms with E-state index in [1.165, 1.54) is 32.1 Å². The number of aromatic hydroxyl groups is 1. The Hall–Kier alpha value is -1.26. The van der Waals surface area contributed by atoms with Gasteiger partial charge in [0.25, 0.3) is 0 Å². The Bertz CT molecular complexity index is 444. The summed E-state index contributed by atoms with van der Waals surface area (Å²) in [5.41, 5.74) is 7.20. The zero-order valence-electron chi connectivity index (χ0n) is 13.2. The van der Waals surface area contributed by atoms with Crippen LogP contribution in [0.2, 0.25) is 0 Å². The lowest BCUT2D eigenvalue weighted by molar-refractivity contribution is 0.113. The molecule has 0 aliphatic heterocycles. The number of hydrogen-bond donors (Lipinski definition) is 2. The molecule has 118 valence electrons. The maximum atomic E-state index is 9.76. The second kappa shape index (κ2) is 7.66. The van der Waals surface area contributed by atoms with Gasteiger partial charge in [0.2, 0.25) is 0 Å². The number of likely N-dealkylation sites (N-methyl/N-ethyl adjacent to an activating group) is 1. The summed E-state index contributed by atoms with van der Waals surface area (Å²) in [7, 11) is 1.58. The molecule has 1 fully saturated rings. The van der Waals surface area contributed by atoms with E-state index in [0.717, 1.165) is 12.1 Å². The molecule has 1 atom stereocenters. The van der Waals surface area contributed by atoms with Gasteiger partial charge in [-0.25, -0.2) is 0 Å². The van der Waals surface area contributed by atoms with Crippen molar-refractivity contribution in [3.05, 3.63) is 23.8 Å². The van der Waals surface area contributed by atoms with Crippen LogP contribution in [0.5, 0.6) is 11.5 Å². The van der Waals surface area contributed by atoms with E-state index in [0.29, 0.717) is 18.3 Å². The monoisotopic (exact) mass is 292 g/mol. The number of phenols is 1. The lowest BCUT2D eigenvalue weighted by Gasteiger charge is -2.39. The summed E-state index contributed by atoms with van der Waals surface area (Å²) in [6.45, 7) is 3.78. The fourth-order valence-corrected chi connectivity index (χ4v) is 3.51. The molecule has 0 spiro atoms. The molecule has 4 heteroatoms. The predicted molar refractivity (Wildman–Crippen MR) is 85.7 cm³/mol. The van der Waals surface area contributed by atoms with Gasteiger partial charge >= 0.3 is 0 Å². The van der Waals surface area contributed by atoms with Crippen LogP contribution in [0.1, 0.15) is 50.6 Å². The molecule has 21 heavy (non-hydrogen) atoms. The van der Waals surface area contributed by atoms with Crippen molar-refractivity contribution in [1.29, 1.82) is 0 Å². The molecule has 0 saturated heterocycles. The van der Waals surface area contributed by atoms with Crippen molar-refractivity contribution in [1.82, 2.24) is 4.90 Å². The SMILES string of the molecule is CCN(C1CCCCC1)C(CN)c1ccc(O)c(OC)c1. The van der Waals surface area contributed by atoms with Crippen molar-refractivity contribution in [2.45, 2.75) is 51.1 Å². The number of phenolic OH excluding ortho intramolecular Hbond substituents is 1. The highest BCUT2D eigenvalue weighted by Gasteiger charge is 2.27. The van der Waals surface area contributed by atoms with Gasteiger partial charge in [0.1, 0.15) is 0 Å². The van der Waals surface area contributed by atoms with Gasteiger partial charge in [0, 0.05) is 18.6 Å². The van der Waals surface area contributed by atoms with Crippen molar-refractivity contribution >= 4 is 0 Å². The number of nitrogens with zero attached hydrogens (tertiary/aromatic N) is 1. The molecular weight excluding hydrogens is 264 g/mol. The highest BCUT2D eigenvalue weighted by atomic mass is 16.5. The third kappa shape index (κ3) is 3.69. The van der Waals surface area contributed by atoms with Crippen molar-refractivity contribution in [3.63, 3.8) is 0 Å². The van der Waals surface area contributed by atoms with E-state index in [-0.39, 0.29) is 11.8 Å². The van der Waals surface area contributed by atoms with Gasteiger partial charge in [-0.2, -0.15) is 0 Å². The van der Waals surface area contributed by atoms with Crippen LogP contribution in [0.4, 0.5) is 0 Å². The largest absolute Gasteiger partial charge is 0.504 e. The van der Waals surface area contributed by atoms with Gasteiger partial charge in [-0.1, -0.05) is 32.3 Å². The Balaban J connectivity index is 2.23. The highest BCUT2D eigenvalue weighted by Crippen LogP contribution is 2.33. The standard InChI is InChI=1S/C17H28N2O2/c1-3-19(14-7-5-4-6-8-14)15(12-18)13-9-10-16(20)17(11-13)21-2/h9-11,14-15,20H,3-8,12,18H2,1-2H3. The van der Waals surface area contributed by atoms with E-state index < -0.39 is 0 Å². The molecule has 0 aromatic heterocycles. The van der Waals surface area contributed by atoms with Crippen molar-refractivity contribution in [3.8, 4) is 11.5 Å². The zero-order chi connectivity index (χ0) is 15.2. The minimum atomic E-state index is 0.178. The minimum absolute atomic E-state index is 0.178. The van der Waals surface area contributed by atoms with Gasteiger partial charge in [0.15, 0.2) is 11.5 Å². The highest BCUT2D eigenvalue weighted by molar-refractivity contribution is 5.42. The van der Waals surface area contributed by atoms with Gasteiger partial charge in [-0.05, 0) is 37.1 Å². The molecule has 4 nitrogen and oxygen atoms in total. The first-order chi connectivity index (χ1) is 10.2. The molecule has 3 N–H and O–H groups in total. The number of benzene rings is 1. The van der Waals surface area contributed by atoms with Crippen LogP contribution in [0.3, 0.4) is 0 Å². The van der Waals surface area contributed by atoms with Crippen LogP contribution < -0.4 is 10.5 Å². The maximum Gasteiger partial charge on any atom is 0.160 e. The summed E-state index contributed by atoms with van der Waals surface area (Å²) in [5.74, 6) is 0.698. The van der Waals surface area contributed by atoms with E-state index in [4.69, 9.17) is 10.5 Å². The number of hydrogen-bond acceptors (Lipinski definition) is 4. The summed E-state index contributed by atoms with van der Waals surface area (Å²) in [6, 6.07) is 6.38. The van der Waals surface area contributed by atoms with E-state index in [2.05, 4.69) is 11.8 Å². The molecule has 2 rings (SSSR count). The van der Waals surface area contributed by atoms with E-state index in [1.54, 1.807) is 13.2 Å². The molecule has 0 heterocycles. The second-order valence-electron chi connectivity index (χ2n) is 5.81. The summed E-state index contributed by atoms with van der Waals surface area (Å²) >= 11 is 0. The Labute approximate surface area is 127 Å². The predicted octanol–water partition coefficient (Wildman–Crippen LogP) is 3.06. The van der Waals surface area contributed by atoms with Crippen LogP contribution >= 0.6 is 0 Å². The zero-order valence-corrected chi connectivity index (χ0v) is 13.2. The number of methoxy groups -OCH3 is 1. The quantitative estimate of drug-likeness (QED) is 0.846. The number of ether oxygens (including phenoxy) is 1. The molecule has 1 aromatic rings. The lowest BCUT2D eigenvalue weighted by Crippen LogP contribution is -2.42. The summed E-state index contributed by atoms with van der Waals surface area (Å²) in [4.78, 5) is 2.52. The third-order valence-corrected chi connectivity index (χ3v) is 4.62. The Morgan fingerprint density at radius 1 is 1.33 bits per heavy atom. The van der Waals surface area contributed by atoms with Crippen LogP contribution in [0, 0.1) is 0 Å². The average Bonchev–Trinajstić information content (AvgIpc) is 2.54. The molecule has 1 unspecified atom stereocenters. The van der Waals surface area contributed by atoms with E-state index >= 15 is 0 Å². The Morgan fingerprint density at radius 3 is 2.62 bits per heavy atom. The van der Waals surface area contributed by atoms with Gasteiger partial charge in [0.05, 0.1) is 7.11 Å². The normalized spacial score (nSPS) is 17.9. The maximum absolute atomic E-state index is 9.76. The molecular formula is C17H28N2O2. The Morgan fingerprint density at radius 2 is 2.05 bits per heavy atom. The van der Waals surface area contributed by atoms with E-state index in [9.17, 15) is 5.11 Å². The lowest BCUT2D eigenvalue weighted by atomic mass is 9.91. The molecule has 1 aliphatic rings. The van der Waals surface area contributed by atoms with Crippen molar-refractivity contribution < 1.29 is 9.84 Å². The van der Waals surface area contributed by atoms with Crippen LogP contribution in [-0.2, 0) is 0 Å². The number of nitrogens with two attached hydrogens (primary N) is 1. The van der Waals surface area contributed by atoms with Crippen molar-refractivity contribution in [2.75, 3.05) is 20.2 Å². The van der Waals surface area contributed by atoms with Crippen LogP contribution in [0.25, 0.3) is 0 Å². The average molecular weight is 292 g/mol. The van der Waals surface area contributed by atoms with Crippen LogP contribution in [-0.4, -0.2) is 36.2 Å².